The highest BCUT2D eigenvalue weighted by molar-refractivity contribution is 6.19. The number of carbonyl (C=O) groups excluding carboxylic acids is 2. The summed E-state index contributed by atoms with van der Waals surface area (Å²) in [6, 6.07) is 12.9. The Morgan fingerprint density at radius 1 is 1.17 bits per heavy atom. The van der Waals surface area contributed by atoms with Crippen LogP contribution in [-0.4, -0.2) is 50.3 Å². The quantitative estimate of drug-likeness (QED) is 0.241. The summed E-state index contributed by atoms with van der Waals surface area (Å²) in [7, 11) is 3.72. The molecule has 0 aromatic heterocycles. The first kappa shape index (κ1) is 21.6. The number of allylic oxidation sites excluding steroid dienone is 1. The molecule has 0 bridgehead atoms. The van der Waals surface area contributed by atoms with E-state index in [2.05, 4.69) is 17.3 Å². The molecule has 0 saturated carbocycles. The van der Waals surface area contributed by atoms with Gasteiger partial charge >= 0.3 is 0 Å². The molecular formula is C24H29N3O3. The van der Waals surface area contributed by atoms with Gasteiger partial charge in [-0.3, -0.25) is 9.59 Å². The molecule has 0 atom stereocenters. The van der Waals surface area contributed by atoms with Crippen LogP contribution in [0.3, 0.4) is 0 Å². The molecule has 0 amide bonds. The number of hydrogen-bond donors (Lipinski definition) is 2. The lowest BCUT2D eigenvalue weighted by Crippen LogP contribution is -2.40. The zero-order valence-electron chi connectivity index (χ0n) is 17.8. The first-order valence-electron chi connectivity index (χ1n) is 10.1. The fraction of sp³-hybridized carbons (Fsp3) is 0.333. The average Bonchev–Trinajstić information content (AvgIpc) is 2.76. The lowest BCUT2D eigenvalue weighted by atomic mass is 9.95. The topological polar surface area (TPSA) is 84.7 Å². The number of methoxy groups -OCH3 is 1. The van der Waals surface area contributed by atoms with Crippen molar-refractivity contribution in [2.45, 2.75) is 25.8 Å². The van der Waals surface area contributed by atoms with Gasteiger partial charge in [-0.1, -0.05) is 12.1 Å². The molecule has 1 aliphatic heterocycles. The third-order valence-corrected chi connectivity index (χ3v) is 5.56. The van der Waals surface area contributed by atoms with E-state index in [1.54, 1.807) is 25.3 Å². The number of ether oxygens (including phenoxy) is 1. The maximum absolute atomic E-state index is 12.3. The van der Waals surface area contributed by atoms with Crippen LogP contribution in [0.2, 0.25) is 0 Å². The van der Waals surface area contributed by atoms with Crippen molar-refractivity contribution in [1.29, 1.82) is 0 Å². The molecule has 0 aliphatic carbocycles. The molecule has 1 saturated heterocycles. The van der Waals surface area contributed by atoms with Gasteiger partial charge in [-0.2, -0.15) is 0 Å². The van der Waals surface area contributed by atoms with Gasteiger partial charge in [-0.15, -0.1) is 0 Å². The highest BCUT2D eigenvalue weighted by atomic mass is 16.5. The third-order valence-electron chi connectivity index (χ3n) is 5.56. The molecular weight excluding hydrogens is 378 g/mol. The number of piperidine rings is 1. The monoisotopic (exact) mass is 407 g/mol. The summed E-state index contributed by atoms with van der Waals surface area (Å²) in [5.41, 5.74) is 9.71. The fourth-order valence-electron chi connectivity index (χ4n) is 3.72. The predicted octanol–water partition coefficient (Wildman–Crippen LogP) is 3.23. The van der Waals surface area contributed by atoms with Crippen LogP contribution in [0.25, 0.3) is 11.3 Å². The van der Waals surface area contributed by atoms with Gasteiger partial charge in [0.25, 0.3) is 0 Å². The van der Waals surface area contributed by atoms with E-state index in [4.69, 9.17) is 10.5 Å². The van der Waals surface area contributed by atoms with E-state index >= 15 is 0 Å². The molecule has 6 nitrogen and oxygen atoms in total. The van der Waals surface area contributed by atoms with Gasteiger partial charge in [0.1, 0.15) is 5.75 Å². The van der Waals surface area contributed by atoms with E-state index in [1.807, 2.05) is 24.3 Å². The largest absolute Gasteiger partial charge is 0.497 e. The molecule has 3 N–H and O–H groups in total. The maximum Gasteiger partial charge on any atom is 0.159 e. The molecule has 0 spiro atoms. The first-order chi connectivity index (χ1) is 14.4. The number of nitrogens with zero attached hydrogens (tertiary/aromatic N) is 1. The Balaban J connectivity index is 2.14. The summed E-state index contributed by atoms with van der Waals surface area (Å²) in [6.45, 7) is 3.47. The van der Waals surface area contributed by atoms with E-state index in [9.17, 15) is 9.59 Å². The molecule has 3 rings (SSSR count). The maximum atomic E-state index is 12.3. The van der Waals surface area contributed by atoms with Crippen LogP contribution in [0.1, 0.15) is 41.3 Å². The van der Waals surface area contributed by atoms with Crippen LogP contribution >= 0.6 is 0 Å². The van der Waals surface area contributed by atoms with Crippen molar-refractivity contribution in [3.8, 4) is 5.75 Å². The van der Waals surface area contributed by atoms with Crippen molar-refractivity contribution < 1.29 is 14.3 Å². The van der Waals surface area contributed by atoms with Crippen molar-refractivity contribution in [2.24, 2.45) is 0 Å². The number of nitrogen functional groups attached to an aromatic ring is 1. The van der Waals surface area contributed by atoms with Gasteiger partial charge in [0.05, 0.1) is 12.8 Å². The Hall–Kier alpha value is -3.12. The summed E-state index contributed by atoms with van der Waals surface area (Å²) in [5.74, 6) is 0.624. The van der Waals surface area contributed by atoms with Crippen molar-refractivity contribution in [2.75, 3.05) is 33.0 Å². The number of likely N-dealkylation sites (tertiary alicyclic amines) is 1. The number of ketones is 1. The SMILES string of the molecule is COc1cccc(/C(NC2CCN(C)CC2)=C(/C=O)c2cc(C(C)=O)ccc2N)c1. The Labute approximate surface area is 177 Å². The lowest BCUT2D eigenvalue weighted by molar-refractivity contribution is -0.103. The van der Waals surface area contributed by atoms with Gasteiger partial charge in [-0.05, 0) is 70.2 Å². The second-order valence-corrected chi connectivity index (χ2v) is 7.72. The van der Waals surface area contributed by atoms with Crippen LogP contribution in [0.4, 0.5) is 5.69 Å². The van der Waals surface area contributed by atoms with E-state index in [1.165, 1.54) is 6.92 Å². The van der Waals surface area contributed by atoms with Crippen LogP contribution in [0.15, 0.2) is 42.5 Å². The Kier molecular flexibility index (Phi) is 6.90. The lowest BCUT2D eigenvalue weighted by Gasteiger charge is -2.31. The predicted molar refractivity (Wildman–Crippen MR) is 120 cm³/mol. The molecule has 0 unspecified atom stereocenters. The van der Waals surface area contributed by atoms with Crippen LogP contribution in [-0.2, 0) is 4.79 Å². The van der Waals surface area contributed by atoms with E-state index in [0.717, 1.165) is 37.8 Å². The van der Waals surface area contributed by atoms with E-state index in [0.29, 0.717) is 33.8 Å². The van der Waals surface area contributed by atoms with Crippen molar-refractivity contribution in [3.63, 3.8) is 0 Å². The standard InChI is InChI=1S/C24H29N3O3/c1-16(29)17-7-8-23(25)21(14-17)22(15-28)24(18-5-4-6-20(13-18)30-3)26-19-9-11-27(2)12-10-19/h4-8,13-15,19,26H,9-12,25H2,1-3H3/b24-22+. The van der Waals surface area contributed by atoms with Crippen molar-refractivity contribution >= 4 is 29.0 Å². The number of hydrogen-bond acceptors (Lipinski definition) is 6. The second-order valence-electron chi connectivity index (χ2n) is 7.72. The summed E-state index contributed by atoms with van der Waals surface area (Å²) < 4.78 is 5.39. The minimum Gasteiger partial charge on any atom is -0.497 e. The minimum atomic E-state index is -0.0762. The Morgan fingerprint density at radius 2 is 1.90 bits per heavy atom. The number of Topliss-reactive ketones (excluding diaryl/α,β-unsaturated/α-hetero) is 1. The molecule has 2 aromatic carbocycles. The smallest absolute Gasteiger partial charge is 0.159 e. The number of rotatable bonds is 7. The van der Waals surface area contributed by atoms with Crippen LogP contribution in [0.5, 0.6) is 5.75 Å². The Bertz CT molecular complexity index is 960. The zero-order chi connectivity index (χ0) is 21.7. The molecule has 30 heavy (non-hydrogen) atoms. The fourth-order valence-corrected chi connectivity index (χ4v) is 3.72. The number of nitrogens with one attached hydrogen (secondary N) is 1. The number of benzene rings is 2. The Morgan fingerprint density at radius 3 is 2.53 bits per heavy atom. The summed E-state index contributed by atoms with van der Waals surface area (Å²) in [5, 5.41) is 3.60. The van der Waals surface area contributed by atoms with Gasteiger partial charge in [0.2, 0.25) is 0 Å². The third kappa shape index (κ3) is 4.89. The normalized spacial score (nSPS) is 16.0. The van der Waals surface area contributed by atoms with E-state index < -0.39 is 0 Å². The van der Waals surface area contributed by atoms with Crippen LogP contribution < -0.4 is 15.8 Å². The summed E-state index contributed by atoms with van der Waals surface area (Å²) in [6.07, 6.45) is 2.75. The van der Waals surface area contributed by atoms with Crippen molar-refractivity contribution in [3.05, 3.63) is 59.2 Å². The highest BCUT2D eigenvalue weighted by Crippen LogP contribution is 2.30. The summed E-state index contributed by atoms with van der Waals surface area (Å²) >= 11 is 0. The number of nitrogens with two attached hydrogens (primary N) is 1. The van der Waals surface area contributed by atoms with Crippen molar-refractivity contribution in [1.82, 2.24) is 10.2 Å². The highest BCUT2D eigenvalue weighted by Gasteiger charge is 2.21. The molecule has 0 radical (unpaired) electrons. The van der Waals surface area contributed by atoms with Gasteiger partial charge in [0, 0.05) is 34.0 Å². The molecule has 1 heterocycles. The number of aldehydes is 1. The molecule has 158 valence electrons. The van der Waals surface area contributed by atoms with Gasteiger partial charge in [0.15, 0.2) is 12.1 Å². The van der Waals surface area contributed by atoms with Gasteiger partial charge < -0.3 is 20.7 Å². The molecule has 2 aromatic rings. The summed E-state index contributed by atoms with van der Waals surface area (Å²) in [4.78, 5) is 26.5. The number of carbonyl (C=O) groups is 2. The number of anilines is 1. The average molecular weight is 408 g/mol. The zero-order valence-corrected chi connectivity index (χ0v) is 17.8. The first-order valence-corrected chi connectivity index (χ1v) is 10.1. The molecule has 1 aliphatic rings. The minimum absolute atomic E-state index is 0.0762. The van der Waals surface area contributed by atoms with Crippen LogP contribution in [0, 0.1) is 0 Å². The van der Waals surface area contributed by atoms with E-state index in [-0.39, 0.29) is 11.8 Å². The second kappa shape index (κ2) is 9.59. The molecule has 1 fully saturated rings. The molecule has 6 heteroatoms. The van der Waals surface area contributed by atoms with Gasteiger partial charge in [-0.25, -0.2) is 0 Å².